The molecule has 1 saturated heterocycles. The summed E-state index contributed by atoms with van der Waals surface area (Å²) in [7, 11) is 0. The molecule has 0 spiro atoms. The van der Waals surface area contributed by atoms with Crippen molar-refractivity contribution in [1.82, 2.24) is 0 Å². The van der Waals surface area contributed by atoms with Crippen molar-refractivity contribution >= 4 is 5.97 Å². The summed E-state index contributed by atoms with van der Waals surface area (Å²) < 4.78 is 0. The molecular formula is C20H41NO2. The fraction of sp³-hybridized carbons (Fsp3) is 0.950. The van der Waals surface area contributed by atoms with E-state index in [0.717, 1.165) is 12.8 Å². The Bertz CT molecular complexity index is 264. The van der Waals surface area contributed by atoms with Crippen molar-refractivity contribution in [2.75, 3.05) is 19.6 Å². The molecule has 0 amide bonds. The van der Waals surface area contributed by atoms with Gasteiger partial charge in [0.25, 0.3) is 0 Å². The predicted molar refractivity (Wildman–Crippen MR) is 96.5 cm³/mol. The summed E-state index contributed by atoms with van der Waals surface area (Å²) in [6.07, 6.45) is 17.5. The van der Waals surface area contributed by atoms with Gasteiger partial charge in [0.05, 0.1) is 19.6 Å². The van der Waals surface area contributed by atoms with E-state index >= 15 is 0 Å². The van der Waals surface area contributed by atoms with E-state index in [2.05, 4.69) is 13.8 Å². The van der Waals surface area contributed by atoms with Crippen LogP contribution in [0, 0.1) is 5.92 Å². The van der Waals surface area contributed by atoms with E-state index in [9.17, 15) is 0 Å². The Morgan fingerprint density at radius 2 is 1.48 bits per heavy atom. The SMILES string of the molecule is CC(=O)[O-].CCCCCCCCCC[NH+]1CCC(CCCC)C1. The molecule has 0 radical (unpaired) electrons. The third-order valence-electron chi connectivity index (χ3n) is 4.83. The Morgan fingerprint density at radius 3 is 2.04 bits per heavy atom. The molecule has 0 aromatic rings. The van der Waals surface area contributed by atoms with E-state index < -0.39 is 5.97 Å². The summed E-state index contributed by atoms with van der Waals surface area (Å²) in [5.74, 6) is -0.0241. The van der Waals surface area contributed by atoms with Gasteiger partial charge < -0.3 is 14.8 Å². The van der Waals surface area contributed by atoms with Crippen molar-refractivity contribution in [1.29, 1.82) is 0 Å². The molecule has 1 fully saturated rings. The molecular weight excluding hydrogens is 286 g/mol. The zero-order chi connectivity index (χ0) is 17.3. The van der Waals surface area contributed by atoms with Crippen molar-refractivity contribution in [3.8, 4) is 0 Å². The van der Waals surface area contributed by atoms with E-state index in [1.807, 2.05) is 4.90 Å². The minimum atomic E-state index is -1.08. The second-order valence-electron chi connectivity index (χ2n) is 7.22. The third-order valence-corrected chi connectivity index (χ3v) is 4.83. The topological polar surface area (TPSA) is 44.6 Å². The lowest BCUT2D eigenvalue weighted by Gasteiger charge is -2.13. The van der Waals surface area contributed by atoms with Crippen molar-refractivity contribution < 1.29 is 14.8 Å². The van der Waals surface area contributed by atoms with Gasteiger partial charge in [-0.05, 0) is 26.2 Å². The minimum Gasteiger partial charge on any atom is -0.550 e. The highest BCUT2D eigenvalue weighted by Crippen LogP contribution is 2.13. The summed E-state index contributed by atoms with van der Waals surface area (Å²) in [5, 5.41) is 8.89. The quantitative estimate of drug-likeness (QED) is 0.560. The molecule has 23 heavy (non-hydrogen) atoms. The second-order valence-corrected chi connectivity index (χ2v) is 7.22. The van der Waals surface area contributed by atoms with Gasteiger partial charge in [-0.1, -0.05) is 65.2 Å². The number of nitrogens with one attached hydrogen (secondary N) is 1. The van der Waals surface area contributed by atoms with Gasteiger partial charge >= 0.3 is 0 Å². The van der Waals surface area contributed by atoms with Gasteiger partial charge in [-0.2, -0.15) is 0 Å². The molecule has 3 nitrogen and oxygen atoms in total. The van der Waals surface area contributed by atoms with Crippen molar-refractivity contribution in [3.63, 3.8) is 0 Å². The number of aliphatic carboxylic acids is 1. The third kappa shape index (κ3) is 16.1. The maximum atomic E-state index is 8.89. The number of carbonyl (C=O) groups is 1. The first-order valence-corrected chi connectivity index (χ1v) is 10.1. The smallest absolute Gasteiger partial charge is 0.0801 e. The van der Waals surface area contributed by atoms with Gasteiger partial charge in [0.2, 0.25) is 0 Å². The molecule has 1 aliphatic heterocycles. The number of hydrogen-bond acceptors (Lipinski definition) is 2. The molecule has 0 bridgehead atoms. The molecule has 2 atom stereocenters. The molecule has 1 N–H and O–H groups in total. The van der Waals surface area contributed by atoms with Crippen LogP contribution in [-0.2, 0) is 4.79 Å². The maximum Gasteiger partial charge on any atom is 0.0801 e. The van der Waals surface area contributed by atoms with Gasteiger partial charge in [0.1, 0.15) is 0 Å². The largest absolute Gasteiger partial charge is 0.550 e. The first-order chi connectivity index (χ1) is 11.1. The zero-order valence-electron chi connectivity index (χ0n) is 16.0. The molecule has 1 aliphatic rings. The fourth-order valence-electron chi connectivity index (χ4n) is 3.50. The van der Waals surface area contributed by atoms with Crippen LogP contribution in [0.1, 0.15) is 97.8 Å². The molecule has 0 aromatic heterocycles. The molecule has 2 unspecified atom stereocenters. The van der Waals surface area contributed by atoms with E-state index in [1.54, 1.807) is 0 Å². The van der Waals surface area contributed by atoms with Gasteiger partial charge in [-0.25, -0.2) is 0 Å². The van der Waals surface area contributed by atoms with E-state index in [0.29, 0.717) is 0 Å². The van der Waals surface area contributed by atoms with Crippen molar-refractivity contribution in [2.24, 2.45) is 5.92 Å². The van der Waals surface area contributed by atoms with Crippen LogP contribution < -0.4 is 10.0 Å². The molecule has 138 valence electrons. The van der Waals surface area contributed by atoms with Crippen LogP contribution in [0.4, 0.5) is 0 Å². The first-order valence-electron chi connectivity index (χ1n) is 10.1. The summed E-state index contributed by atoms with van der Waals surface area (Å²) >= 11 is 0. The van der Waals surface area contributed by atoms with Gasteiger partial charge in [0.15, 0.2) is 0 Å². The summed E-state index contributed by atoms with van der Waals surface area (Å²) in [4.78, 5) is 10.8. The van der Waals surface area contributed by atoms with Crippen LogP contribution in [0.5, 0.6) is 0 Å². The molecule has 0 aromatic carbocycles. The molecule has 1 rings (SSSR count). The zero-order valence-corrected chi connectivity index (χ0v) is 16.0. The number of carboxylic acid groups (broad SMARTS) is 1. The fourth-order valence-corrected chi connectivity index (χ4v) is 3.50. The summed E-state index contributed by atoms with van der Waals surface area (Å²) in [6.45, 7) is 9.99. The van der Waals surface area contributed by atoms with Crippen LogP contribution in [-0.4, -0.2) is 25.6 Å². The first kappa shape index (κ1) is 22.4. The lowest BCUT2D eigenvalue weighted by molar-refractivity contribution is -0.889. The number of hydrogen-bond donors (Lipinski definition) is 1. The second kappa shape index (κ2) is 16.3. The number of unbranched alkanes of at least 4 members (excludes halogenated alkanes) is 8. The lowest BCUT2D eigenvalue weighted by atomic mass is 10.0. The Hall–Kier alpha value is -0.570. The highest BCUT2D eigenvalue weighted by atomic mass is 16.4. The minimum absolute atomic E-state index is 0.972. The number of rotatable bonds is 12. The van der Waals surface area contributed by atoms with Crippen LogP contribution in [0.25, 0.3) is 0 Å². The predicted octanol–water partition coefficient (Wildman–Crippen LogP) is 2.98. The van der Waals surface area contributed by atoms with Crippen molar-refractivity contribution in [2.45, 2.75) is 97.8 Å². The highest BCUT2D eigenvalue weighted by Gasteiger charge is 2.24. The van der Waals surface area contributed by atoms with Gasteiger partial charge in [-0.15, -0.1) is 0 Å². The van der Waals surface area contributed by atoms with Crippen LogP contribution >= 0.6 is 0 Å². The maximum absolute atomic E-state index is 8.89. The molecule has 0 aliphatic carbocycles. The number of carbonyl (C=O) groups excluding carboxylic acids is 1. The number of likely N-dealkylation sites (tertiary alicyclic amines) is 1. The average Bonchev–Trinajstić information content (AvgIpc) is 2.95. The Labute approximate surface area is 144 Å². The summed E-state index contributed by atoms with van der Waals surface area (Å²) in [5.41, 5.74) is 0. The average molecular weight is 328 g/mol. The van der Waals surface area contributed by atoms with Crippen LogP contribution in [0.2, 0.25) is 0 Å². The van der Waals surface area contributed by atoms with E-state index in [-0.39, 0.29) is 0 Å². The Morgan fingerprint density at radius 1 is 0.957 bits per heavy atom. The monoisotopic (exact) mass is 327 g/mol. The number of quaternary nitrogens is 1. The Kier molecular flexibility index (Phi) is 15.9. The number of carboxylic acids is 1. The van der Waals surface area contributed by atoms with Gasteiger partial charge in [-0.3, -0.25) is 0 Å². The van der Waals surface area contributed by atoms with Crippen LogP contribution in [0.15, 0.2) is 0 Å². The van der Waals surface area contributed by atoms with Crippen molar-refractivity contribution in [3.05, 3.63) is 0 Å². The Balaban J connectivity index is 0.00000108. The molecule has 3 heteroatoms. The van der Waals surface area contributed by atoms with E-state index in [4.69, 9.17) is 9.90 Å². The molecule has 1 heterocycles. The lowest BCUT2D eigenvalue weighted by Crippen LogP contribution is -3.10. The normalized spacial score (nSPS) is 20.1. The van der Waals surface area contributed by atoms with E-state index in [1.165, 1.54) is 96.7 Å². The highest BCUT2D eigenvalue weighted by molar-refractivity contribution is 5.60. The molecule has 0 saturated carbocycles. The summed E-state index contributed by atoms with van der Waals surface area (Å²) in [6, 6.07) is 0. The standard InChI is InChI=1S/C18H37N.C2H4O2/c1-3-5-7-8-9-10-11-12-15-19-16-14-18(17-19)13-6-4-2;1-2(3)4/h18H,3-17H2,1-2H3;1H3,(H,3,4). The van der Waals surface area contributed by atoms with Crippen LogP contribution in [0.3, 0.4) is 0 Å². The van der Waals surface area contributed by atoms with Gasteiger partial charge in [0, 0.05) is 18.3 Å².